The first-order valence-electron chi connectivity index (χ1n) is 9.24. The second-order valence-electron chi connectivity index (χ2n) is 7.19. The maximum atomic E-state index is 12.7. The van der Waals surface area contributed by atoms with E-state index in [1.807, 2.05) is 0 Å². The lowest BCUT2D eigenvalue weighted by Crippen LogP contribution is -2.62. The molecule has 3 saturated heterocycles. The molecule has 0 spiro atoms. The van der Waals surface area contributed by atoms with Gasteiger partial charge in [-0.3, -0.25) is 14.5 Å². The van der Waals surface area contributed by atoms with Crippen molar-refractivity contribution in [2.75, 3.05) is 13.1 Å². The highest BCUT2D eigenvalue weighted by Gasteiger charge is 2.40. The van der Waals surface area contributed by atoms with Crippen LogP contribution < -0.4 is 15.8 Å². The summed E-state index contributed by atoms with van der Waals surface area (Å²) < 4.78 is 5.79. The van der Waals surface area contributed by atoms with Crippen molar-refractivity contribution in [1.82, 2.24) is 10.2 Å². The van der Waals surface area contributed by atoms with Crippen LogP contribution in [0.3, 0.4) is 0 Å². The molecule has 2 bridgehead atoms. The van der Waals surface area contributed by atoms with Gasteiger partial charge in [0, 0.05) is 12.1 Å². The average molecular weight is 385 g/mol. The number of nitrogens with zero attached hydrogens (tertiary/aromatic N) is 1. The van der Waals surface area contributed by atoms with E-state index in [9.17, 15) is 9.59 Å². The molecule has 3 aliphatic rings. The van der Waals surface area contributed by atoms with Crippen LogP contribution in [0, 0.1) is 5.92 Å². The summed E-state index contributed by atoms with van der Waals surface area (Å²) in [5, 5.41) is 3.77. The molecule has 2 aromatic rings. The zero-order valence-corrected chi connectivity index (χ0v) is 16.0. The molecule has 27 heavy (non-hydrogen) atoms. The molecule has 0 unspecified atom stereocenters. The maximum Gasteiger partial charge on any atom is 0.261 e. The van der Waals surface area contributed by atoms with Gasteiger partial charge in [0.15, 0.2) is 5.06 Å². The number of rotatable bonds is 5. The quantitative estimate of drug-likeness (QED) is 0.829. The Labute approximate surface area is 162 Å². The van der Waals surface area contributed by atoms with E-state index in [-0.39, 0.29) is 11.9 Å². The smallest absolute Gasteiger partial charge is 0.261 e. The zero-order valence-electron chi connectivity index (χ0n) is 15.2. The van der Waals surface area contributed by atoms with E-state index < -0.39 is 5.91 Å². The summed E-state index contributed by atoms with van der Waals surface area (Å²) in [6, 6.07) is 10.9. The minimum absolute atomic E-state index is 0.0661. The Bertz CT molecular complexity index is 856. The van der Waals surface area contributed by atoms with Gasteiger partial charge in [0.2, 0.25) is 0 Å². The van der Waals surface area contributed by atoms with Gasteiger partial charge in [0.25, 0.3) is 11.8 Å². The number of para-hydroxylation sites is 1. The fraction of sp³-hybridized carbons (Fsp3) is 0.400. The molecular formula is C20H23N3O3S. The number of ether oxygens (including phenoxy) is 1. The van der Waals surface area contributed by atoms with Gasteiger partial charge in [-0.05, 0) is 63.0 Å². The molecule has 0 saturated carbocycles. The highest BCUT2D eigenvalue weighted by molar-refractivity contribution is 7.15. The molecule has 2 amide bonds. The van der Waals surface area contributed by atoms with Crippen LogP contribution in [0.15, 0.2) is 36.4 Å². The molecule has 7 heteroatoms. The number of hydrogen-bond donors (Lipinski definition) is 2. The minimum atomic E-state index is -0.545. The van der Waals surface area contributed by atoms with Gasteiger partial charge in [0.05, 0.1) is 10.4 Å². The molecule has 3 aliphatic heterocycles. The standard InChI is InChI=1S/C20H23N3O3S/c1-12-18(13-8-10-23(12)11-9-13)22-20(25)16-6-7-17(27-16)26-15-5-3-2-4-14(15)19(21)24/h2-7,12-13,18H,8-11H2,1H3,(H2,21,24)(H,22,25)/t12-,18-/m0/s1. The van der Waals surface area contributed by atoms with Gasteiger partial charge < -0.3 is 15.8 Å². The third kappa shape index (κ3) is 3.57. The van der Waals surface area contributed by atoms with Crippen LogP contribution in [-0.2, 0) is 0 Å². The summed E-state index contributed by atoms with van der Waals surface area (Å²) >= 11 is 1.27. The minimum Gasteiger partial charge on any atom is -0.446 e. The van der Waals surface area contributed by atoms with Gasteiger partial charge >= 0.3 is 0 Å². The number of fused-ring (bicyclic) bond motifs is 3. The average Bonchev–Trinajstić information content (AvgIpc) is 3.14. The van der Waals surface area contributed by atoms with Crippen LogP contribution in [0.1, 0.15) is 39.8 Å². The molecule has 1 aromatic carbocycles. The lowest BCUT2D eigenvalue weighted by Gasteiger charge is -2.49. The number of carbonyl (C=O) groups is 2. The van der Waals surface area contributed by atoms with E-state index in [1.54, 1.807) is 36.4 Å². The first kappa shape index (κ1) is 18.0. The summed E-state index contributed by atoms with van der Waals surface area (Å²) in [4.78, 5) is 27.3. The molecule has 3 fully saturated rings. The second-order valence-corrected chi connectivity index (χ2v) is 8.24. The largest absolute Gasteiger partial charge is 0.446 e. The number of carbonyl (C=O) groups excluding carboxylic acids is 2. The van der Waals surface area contributed by atoms with Crippen LogP contribution in [0.2, 0.25) is 0 Å². The van der Waals surface area contributed by atoms with Crippen molar-refractivity contribution in [3.63, 3.8) is 0 Å². The molecule has 3 N–H and O–H groups in total. The number of hydrogen-bond acceptors (Lipinski definition) is 5. The molecular weight excluding hydrogens is 362 g/mol. The topological polar surface area (TPSA) is 84.7 Å². The molecule has 0 aliphatic carbocycles. The first-order valence-corrected chi connectivity index (χ1v) is 10.1. The van der Waals surface area contributed by atoms with Gasteiger partial charge in [-0.25, -0.2) is 0 Å². The van der Waals surface area contributed by atoms with Gasteiger partial charge in [0.1, 0.15) is 5.75 Å². The fourth-order valence-electron chi connectivity index (χ4n) is 4.13. The lowest BCUT2D eigenvalue weighted by atomic mass is 9.79. The zero-order chi connectivity index (χ0) is 19.0. The fourth-order valence-corrected chi connectivity index (χ4v) is 4.90. The molecule has 1 aromatic heterocycles. The Morgan fingerprint density at radius 2 is 1.93 bits per heavy atom. The molecule has 142 valence electrons. The van der Waals surface area contributed by atoms with Crippen LogP contribution in [0.25, 0.3) is 0 Å². The van der Waals surface area contributed by atoms with E-state index in [2.05, 4.69) is 17.1 Å². The molecule has 5 rings (SSSR count). The maximum absolute atomic E-state index is 12.7. The Morgan fingerprint density at radius 3 is 2.63 bits per heavy atom. The summed E-state index contributed by atoms with van der Waals surface area (Å²) in [5.41, 5.74) is 5.70. The number of nitrogens with two attached hydrogens (primary N) is 1. The van der Waals surface area contributed by atoms with E-state index in [4.69, 9.17) is 10.5 Å². The number of benzene rings is 1. The highest BCUT2D eigenvalue weighted by Crippen LogP contribution is 2.34. The van der Waals surface area contributed by atoms with Crippen LogP contribution in [0.5, 0.6) is 10.8 Å². The van der Waals surface area contributed by atoms with Crippen LogP contribution >= 0.6 is 11.3 Å². The normalized spacial score (nSPS) is 26.6. The van der Waals surface area contributed by atoms with Crippen molar-refractivity contribution in [3.05, 3.63) is 46.8 Å². The SMILES string of the molecule is C[C@H]1[C@H](NC(=O)c2ccc(Oc3ccccc3C(N)=O)s2)C2CCN1CC2. The third-order valence-corrected chi connectivity index (χ3v) is 6.61. The Morgan fingerprint density at radius 1 is 1.19 bits per heavy atom. The predicted molar refractivity (Wildman–Crippen MR) is 104 cm³/mol. The summed E-state index contributed by atoms with van der Waals surface area (Å²) in [7, 11) is 0. The van der Waals surface area contributed by atoms with Crippen molar-refractivity contribution < 1.29 is 14.3 Å². The van der Waals surface area contributed by atoms with Crippen molar-refractivity contribution in [2.24, 2.45) is 11.7 Å². The summed E-state index contributed by atoms with van der Waals surface area (Å²) in [5.74, 6) is 0.344. The number of amides is 2. The third-order valence-electron chi connectivity index (χ3n) is 5.64. The molecule has 6 nitrogen and oxygen atoms in total. The first-order chi connectivity index (χ1) is 13.0. The predicted octanol–water partition coefficient (Wildman–Crippen LogP) is 2.85. The molecule has 4 heterocycles. The summed E-state index contributed by atoms with van der Waals surface area (Å²) in [6.45, 7) is 4.46. The van der Waals surface area contributed by atoms with E-state index in [0.717, 1.165) is 25.9 Å². The number of thiophene rings is 1. The van der Waals surface area contributed by atoms with Crippen molar-refractivity contribution in [1.29, 1.82) is 0 Å². The van der Waals surface area contributed by atoms with Gasteiger partial charge in [-0.2, -0.15) is 0 Å². The Hall–Kier alpha value is -2.38. The van der Waals surface area contributed by atoms with E-state index in [0.29, 0.717) is 33.2 Å². The van der Waals surface area contributed by atoms with Gasteiger partial charge in [-0.1, -0.05) is 23.5 Å². The highest BCUT2D eigenvalue weighted by atomic mass is 32.1. The molecule has 2 atom stereocenters. The lowest BCUT2D eigenvalue weighted by molar-refractivity contribution is 0.0218. The molecule has 0 radical (unpaired) electrons. The monoisotopic (exact) mass is 385 g/mol. The van der Waals surface area contributed by atoms with Crippen LogP contribution in [0.4, 0.5) is 0 Å². The van der Waals surface area contributed by atoms with Crippen LogP contribution in [-0.4, -0.2) is 41.9 Å². The van der Waals surface area contributed by atoms with E-state index in [1.165, 1.54) is 11.3 Å². The van der Waals surface area contributed by atoms with Gasteiger partial charge in [-0.15, -0.1) is 0 Å². The van der Waals surface area contributed by atoms with Crippen molar-refractivity contribution >= 4 is 23.2 Å². The number of nitrogens with one attached hydrogen (secondary N) is 1. The van der Waals surface area contributed by atoms with E-state index >= 15 is 0 Å². The van der Waals surface area contributed by atoms with Crippen molar-refractivity contribution in [3.8, 4) is 10.8 Å². The second kappa shape index (κ2) is 7.32. The number of primary amides is 1. The Balaban J connectivity index is 1.45. The Kier molecular flexibility index (Phi) is 4.88. The van der Waals surface area contributed by atoms with Crippen molar-refractivity contribution in [2.45, 2.75) is 31.8 Å². The number of piperidine rings is 3. The summed E-state index contributed by atoms with van der Waals surface area (Å²) in [6.07, 6.45) is 2.30.